The molecule has 0 aliphatic heterocycles. The molecule has 2 heterocycles. The van der Waals surface area contributed by atoms with Crippen LogP contribution in [0.15, 0.2) is 72.9 Å². The summed E-state index contributed by atoms with van der Waals surface area (Å²) in [6.45, 7) is 0.370. The summed E-state index contributed by atoms with van der Waals surface area (Å²) in [6, 6.07) is 20.4. The summed E-state index contributed by atoms with van der Waals surface area (Å²) in [5.41, 5.74) is 2.46. The molecule has 2 N–H and O–H groups in total. The van der Waals surface area contributed by atoms with Gasteiger partial charge in [-0.2, -0.15) is 0 Å². The second-order valence-electron chi connectivity index (χ2n) is 6.56. The molecule has 0 atom stereocenters. The number of amides is 1. The van der Waals surface area contributed by atoms with Gasteiger partial charge in [0.05, 0.1) is 22.6 Å². The van der Waals surface area contributed by atoms with Crippen molar-refractivity contribution in [1.82, 2.24) is 15.3 Å². The molecule has 0 fully saturated rings. The molecule has 0 saturated heterocycles. The number of rotatable bonds is 7. The van der Waals surface area contributed by atoms with Crippen molar-refractivity contribution in [3.05, 3.63) is 88.4 Å². The van der Waals surface area contributed by atoms with Crippen LogP contribution in [0.2, 0.25) is 5.02 Å². The number of carbonyl (C=O) groups excluding carboxylic acids is 1. The Balaban J connectivity index is 1.44. The molecule has 6 nitrogen and oxygen atoms in total. The van der Waals surface area contributed by atoms with Crippen LogP contribution < -0.4 is 15.4 Å². The number of nitrogens with zero attached hydrogens (tertiary/aromatic N) is 2. The minimum Gasteiger partial charge on any atom is -0.497 e. The van der Waals surface area contributed by atoms with Crippen molar-refractivity contribution in [1.29, 1.82) is 0 Å². The standard InChI is InChI=1S/C23H19ClN4O2S/c1-30-17-8-6-16(7-9-17)27-23-25-13-12-19(28-23)20-10-11-21(31-20)22(29)26-14-15-4-2-3-5-18(15)24/h2-13H,14H2,1H3,(H,26,29)(H,25,27,28). The van der Waals surface area contributed by atoms with E-state index in [9.17, 15) is 4.79 Å². The highest BCUT2D eigenvalue weighted by Crippen LogP contribution is 2.28. The fraction of sp³-hybridized carbons (Fsp3) is 0.0870. The molecule has 0 spiro atoms. The second kappa shape index (κ2) is 9.59. The van der Waals surface area contributed by atoms with Gasteiger partial charge < -0.3 is 15.4 Å². The number of nitrogens with one attached hydrogen (secondary N) is 2. The number of carbonyl (C=O) groups is 1. The van der Waals surface area contributed by atoms with Crippen LogP contribution in [-0.2, 0) is 6.54 Å². The number of hydrogen-bond donors (Lipinski definition) is 2. The van der Waals surface area contributed by atoms with Gasteiger partial charge in [-0.15, -0.1) is 11.3 Å². The summed E-state index contributed by atoms with van der Waals surface area (Å²) < 4.78 is 5.17. The Morgan fingerprint density at radius 1 is 1.06 bits per heavy atom. The largest absolute Gasteiger partial charge is 0.497 e. The summed E-state index contributed by atoms with van der Waals surface area (Å²) in [6.07, 6.45) is 1.69. The molecule has 2 aromatic heterocycles. The van der Waals surface area contributed by atoms with E-state index >= 15 is 0 Å². The van der Waals surface area contributed by atoms with Crippen molar-refractivity contribution in [3.8, 4) is 16.3 Å². The zero-order valence-electron chi connectivity index (χ0n) is 16.6. The van der Waals surface area contributed by atoms with Gasteiger partial charge in [-0.05, 0) is 54.1 Å². The summed E-state index contributed by atoms with van der Waals surface area (Å²) in [5, 5.41) is 6.71. The zero-order valence-corrected chi connectivity index (χ0v) is 18.2. The molecular weight excluding hydrogens is 432 g/mol. The number of methoxy groups -OCH3 is 1. The first-order valence-corrected chi connectivity index (χ1v) is 10.7. The molecule has 2 aromatic carbocycles. The quantitative estimate of drug-likeness (QED) is 0.386. The van der Waals surface area contributed by atoms with Gasteiger partial charge in [-0.3, -0.25) is 4.79 Å². The van der Waals surface area contributed by atoms with E-state index in [2.05, 4.69) is 20.6 Å². The van der Waals surface area contributed by atoms with E-state index < -0.39 is 0 Å². The van der Waals surface area contributed by atoms with Gasteiger partial charge >= 0.3 is 0 Å². The summed E-state index contributed by atoms with van der Waals surface area (Å²) in [7, 11) is 1.63. The Hall–Kier alpha value is -3.42. The van der Waals surface area contributed by atoms with E-state index in [1.54, 1.807) is 25.4 Å². The molecule has 0 radical (unpaired) electrons. The molecule has 0 aliphatic rings. The first-order valence-electron chi connectivity index (χ1n) is 9.48. The van der Waals surface area contributed by atoms with Crippen molar-refractivity contribution < 1.29 is 9.53 Å². The SMILES string of the molecule is COc1ccc(Nc2nccc(-c3ccc(C(=O)NCc4ccccc4Cl)s3)n2)cc1. The molecule has 31 heavy (non-hydrogen) atoms. The Labute approximate surface area is 188 Å². The second-order valence-corrected chi connectivity index (χ2v) is 8.05. The maximum Gasteiger partial charge on any atom is 0.261 e. The third-order valence-electron chi connectivity index (χ3n) is 4.48. The highest BCUT2D eigenvalue weighted by atomic mass is 35.5. The molecule has 4 rings (SSSR count). The minimum absolute atomic E-state index is 0.151. The summed E-state index contributed by atoms with van der Waals surface area (Å²) >= 11 is 7.52. The number of aromatic nitrogens is 2. The van der Waals surface area contributed by atoms with Crippen LogP contribution in [0.5, 0.6) is 5.75 Å². The third kappa shape index (κ3) is 5.20. The van der Waals surface area contributed by atoms with Crippen molar-refractivity contribution >= 4 is 40.5 Å². The molecule has 8 heteroatoms. The zero-order chi connectivity index (χ0) is 21.6. The molecular formula is C23H19ClN4O2S. The first-order chi connectivity index (χ1) is 15.1. The van der Waals surface area contributed by atoms with Crippen molar-refractivity contribution in [3.63, 3.8) is 0 Å². The smallest absolute Gasteiger partial charge is 0.261 e. The molecule has 0 aliphatic carbocycles. The lowest BCUT2D eigenvalue weighted by Gasteiger charge is -2.07. The molecule has 0 saturated carbocycles. The van der Waals surface area contributed by atoms with Crippen LogP contribution in [0, 0.1) is 0 Å². The molecule has 1 amide bonds. The number of ether oxygens (including phenoxy) is 1. The molecule has 0 unspecified atom stereocenters. The molecule has 0 bridgehead atoms. The fourth-order valence-corrected chi connectivity index (χ4v) is 3.96. The van der Waals surface area contributed by atoms with Crippen LogP contribution in [0.1, 0.15) is 15.2 Å². The van der Waals surface area contributed by atoms with Crippen molar-refractivity contribution in [2.45, 2.75) is 6.54 Å². The lowest BCUT2D eigenvalue weighted by Crippen LogP contribution is -2.21. The lowest BCUT2D eigenvalue weighted by atomic mass is 10.2. The van der Waals surface area contributed by atoms with Gasteiger partial charge in [0, 0.05) is 23.5 Å². The third-order valence-corrected chi connectivity index (χ3v) is 5.96. The minimum atomic E-state index is -0.151. The highest BCUT2D eigenvalue weighted by Gasteiger charge is 2.12. The van der Waals surface area contributed by atoms with Gasteiger partial charge in [0.1, 0.15) is 5.75 Å². The van der Waals surface area contributed by atoms with Gasteiger partial charge in [0.15, 0.2) is 0 Å². The van der Waals surface area contributed by atoms with Gasteiger partial charge in [-0.25, -0.2) is 9.97 Å². The normalized spacial score (nSPS) is 10.5. The first kappa shape index (κ1) is 20.8. The molecule has 156 valence electrons. The molecule has 4 aromatic rings. The fourth-order valence-electron chi connectivity index (χ4n) is 2.86. The number of benzene rings is 2. The average molecular weight is 451 g/mol. The number of halogens is 1. The van der Waals surface area contributed by atoms with E-state index in [1.165, 1.54) is 11.3 Å². The van der Waals surface area contributed by atoms with E-state index in [1.807, 2.05) is 54.6 Å². The van der Waals surface area contributed by atoms with E-state index in [0.29, 0.717) is 22.4 Å². The van der Waals surface area contributed by atoms with E-state index in [-0.39, 0.29) is 5.91 Å². The van der Waals surface area contributed by atoms with Gasteiger partial charge in [-0.1, -0.05) is 29.8 Å². The topological polar surface area (TPSA) is 76.1 Å². The number of thiophene rings is 1. The van der Waals surface area contributed by atoms with Crippen LogP contribution >= 0.6 is 22.9 Å². The number of hydrogen-bond acceptors (Lipinski definition) is 6. The van der Waals surface area contributed by atoms with Crippen molar-refractivity contribution in [2.75, 3.05) is 12.4 Å². The summed E-state index contributed by atoms with van der Waals surface area (Å²) in [5.74, 6) is 1.10. The highest BCUT2D eigenvalue weighted by molar-refractivity contribution is 7.17. The Morgan fingerprint density at radius 2 is 1.87 bits per heavy atom. The van der Waals surface area contributed by atoms with Gasteiger partial charge in [0.2, 0.25) is 5.95 Å². The van der Waals surface area contributed by atoms with Crippen LogP contribution in [0.25, 0.3) is 10.6 Å². The van der Waals surface area contributed by atoms with E-state index in [0.717, 1.165) is 27.6 Å². The van der Waals surface area contributed by atoms with Crippen LogP contribution in [0.4, 0.5) is 11.6 Å². The predicted octanol–water partition coefficient (Wildman–Crippen LogP) is 5.54. The van der Waals surface area contributed by atoms with Gasteiger partial charge in [0.25, 0.3) is 5.91 Å². The number of anilines is 2. The lowest BCUT2D eigenvalue weighted by molar-refractivity contribution is 0.0955. The maximum absolute atomic E-state index is 12.5. The van der Waals surface area contributed by atoms with Crippen LogP contribution in [0.3, 0.4) is 0 Å². The summed E-state index contributed by atoms with van der Waals surface area (Å²) in [4.78, 5) is 22.9. The predicted molar refractivity (Wildman–Crippen MR) is 124 cm³/mol. The maximum atomic E-state index is 12.5. The average Bonchev–Trinajstić information content (AvgIpc) is 3.30. The van der Waals surface area contributed by atoms with Crippen LogP contribution in [-0.4, -0.2) is 23.0 Å². The van der Waals surface area contributed by atoms with Crippen molar-refractivity contribution in [2.24, 2.45) is 0 Å². The monoisotopic (exact) mass is 450 g/mol. The Kier molecular flexibility index (Phi) is 6.45. The van der Waals surface area contributed by atoms with E-state index in [4.69, 9.17) is 16.3 Å². The Morgan fingerprint density at radius 3 is 2.65 bits per heavy atom. The Bertz CT molecular complexity index is 1190.